The van der Waals surface area contributed by atoms with Crippen LogP contribution in [0.5, 0.6) is 5.75 Å². The Morgan fingerprint density at radius 1 is 1.15 bits per heavy atom. The quantitative estimate of drug-likeness (QED) is 0.721. The number of amides is 2. The lowest BCUT2D eigenvalue weighted by Crippen LogP contribution is -2.57. The number of rotatable bonds is 5. The van der Waals surface area contributed by atoms with E-state index in [1.807, 2.05) is 0 Å². The standard InChI is InChI=1S/C18H24N2O6S/c1-25-12-11-20-16(21)13-27(23,24)18(20)7-9-19(10-8-18)17(22)14-3-5-15(26-2)6-4-14/h3-6H,7-13H2,1-2H3. The fraction of sp³-hybridized carbons (Fsp3) is 0.556. The molecule has 2 aliphatic rings. The zero-order valence-corrected chi connectivity index (χ0v) is 16.3. The SMILES string of the molecule is COCCN1C(=O)CS(=O)(=O)C12CCN(C(=O)c1ccc(OC)cc1)CC2. The Morgan fingerprint density at radius 3 is 2.33 bits per heavy atom. The Labute approximate surface area is 158 Å². The number of likely N-dealkylation sites (tertiary alicyclic amines) is 1. The molecule has 2 saturated heterocycles. The fourth-order valence-electron chi connectivity index (χ4n) is 3.84. The van der Waals surface area contributed by atoms with E-state index in [1.165, 1.54) is 12.0 Å². The fourth-order valence-corrected chi connectivity index (χ4v) is 5.92. The molecular weight excluding hydrogens is 372 g/mol. The Hall–Kier alpha value is -2.13. The minimum Gasteiger partial charge on any atom is -0.497 e. The van der Waals surface area contributed by atoms with E-state index in [2.05, 4.69) is 0 Å². The van der Waals surface area contributed by atoms with E-state index >= 15 is 0 Å². The number of hydrogen-bond acceptors (Lipinski definition) is 6. The van der Waals surface area contributed by atoms with Crippen LogP contribution in [0.3, 0.4) is 0 Å². The van der Waals surface area contributed by atoms with E-state index in [-0.39, 0.29) is 50.9 Å². The van der Waals surface area contributed by atoms with E-state index in [4.69, 9.17) is 9.47 Å². The molecule has 0 aromatic heterocycles. The number of benzene rings is 1. The van der Waals surface area contributed by atoms with Crippen molar-refractivity contribution in [2.24, 2.45) is 0 Å². The van der Waals surface area contributed by atoms with Crippen molar-refractivity contribution in [1.29, 1.82) is 0 Å². The monoisotopic (exact) mass is 396 g/mol. The van der Waals surface area contributed by atoms with E-state index in [1.54, 1.807) is 36.3 Å². The maximum atomic E-state index is 12.7. The molecule has 1 aromatic carbocycles. The summed E-state index contributed by atoms with van der Waals surface area (Å²) in [6, 6.07) is 6.80. The van der Waals surface area contributed by atoms with Gasteiger partial charge in [0.25, 0.3) is 5.91 Å². The lowest BCUT2D eigenvalue weighted by Gasteiger charge is -2.43. The van der Waals surface area contributed by atoms with Gasteiger partial charge in [-0.2, -0.15) is 0 Å². The third kappa shape index (κ3) is 3.41. The minimum atomic E-state index is -3.59. The second-order valence-electron chi connectivity index (χ2n) is 6.76. The minimum absolute atomic E-state index is 0.155. The molecule has 0 N–H and O–H groups in total. The van der Waals surface area contributed by atoms with Gasteiger partial charge in [0.1, 0.15) is 16.4 Å². The summed E-state index contributed by atoms with van der Waals surface area (Å²) in [5.41, 5.74) is 0.522. The van der Waals surface area contributed by atoms with Crippen LogP contribution in [0.15, 0.2) is 24.3 Å². The molecule has 9 heteroatoms. The molecule has 2 aliphatic heterocycles. The van der Waals surface area contributed by atoms with Gasteiger partial charge < -0.3 is 19.3 Å². The summed E-state index contributed by atoms with van der Waals surface area (Å²) in [7, 11) is -0.528. The zero-order chi connectivity index (χ0) is 19.7. The van der Waals surface area contributed by atoms with Gasteiger partial charge in [-0.1, -0.05) is 0 Å². The number of piperidine rings is 1. The van der Waals surface area contributed by atoms with Gasteiger partial charge >= 0.3 is 0 Å². The van der Waals surface area contributed by atoms with Gasteiger partial charge in [0.15, 0.2) is 9.84 Å². The van der Waals surface area contributed by atoms with Crippen LogP contribution in [0.2, 0.25) is 0 Å². The maximum Gasteiger partial charge on any atom is 0.253 e. The zero-order valence-electron chi connectivity index (χ0n) is 15.5. The highest BCUT2D eigenvalue weighted by Crippen LogP contribution is 2.40. The number of sulfone groups is 1. The second-order valence-corrected chi connectivity index (χ2v) is 9.04. The molecule has 0 unspecified atom stereocenters. The van der Waals surface area contributed by atoms with E-state index < -0.39 is 20.5 Å². The third-order valence-corrected chi connectivity index (χ3v) is 7.79. The first-order valence-corrected chi connectivity index (χ1v) is 10.4. The Kier molecular flexibility index (Phi) is 5.43. The van der Waals surface area contributed by atoms with Crippen LogP contribution in [0.1, 0.15) is 23.2 Å². The highest BCUT2D eigenvalue weighted by molar-refractivity contribution is 7.93. The van der Waals surface area contributed by atoms with Crippen molar-refractivity contribution in [3.63, 3.8) is 0 Å². The summed E-state index contributed by atoms with van der Waals surface area (Å²) in [5.74, 6) is -0.350. The number of hydrogen-bond donors (Lipinski definition) is 0. The second kappa shape index (κ2) is 7.47. The summed E-state index contributed by atoms with van der Waals surface area (Å²) in [4.78, 5) is 26.8. The normalized spacial score (nSPS) is 20.9. The van der Waals surface area contributed by atoms with Crippen molar-refractivity contribution in [2.75, 3.05) is 46.2 Å². The van der Waals surface area contributed by atoms with Gasteiger partial charge in [0.05, 0.1) is 13.7 Å². The molecule has 1 aromatic rings. The lowest BCUT2D eigenvalue weighted by atomic mass is 10.0. The molecule has 27 heavy (non-hydrogen) atoms. The van der Waals surface area contributed by atoms with Crippen molar-refractivity contribution < 1.29 is 27.5 Å². The van der Waals surface area contributed by atoms with Crippen LogP contribution in [-0.4, -0.2) is 81.1 Å². The summed E-state index contributed by atoms with van der Waals surface area (Å²) >= 11 is 0. The molecule has 3 rings (SSSR count). The molecule has 2 fully saturated rings. The number of ether oxygens (including phenoxy) is 2. The maximum absolute atomic E-state index is 12.7. The van der Waals surface area contributed by atoms with E-state index in [0.717, 1.165) is 0 Å². The average Bonchev–Trinajstić information content (AvgIpc) is 2.85. The van der Waals surface area contributed by atoms with Gasteiger partial charge in [0.2, 0.25) is 5.91 Å². The molecule has 2 heterocycles. The molecule has 0 bridgehead atoms. The predicted octanol–water partition coefficient (Wildman–Crippen LogP) is 0.531. The number of nitrogens with zero attached hydrogens (tertiary/aromatic N) is 2. The van der Waals surface area contributed by atoms with Crippen LogP contribution in [-0.2, 0) is 19.4 Å². The highest BCUT2D eigenvalue weighted by Gasteiger charge is 2.58. The summed E-state index contributed by atoms with van der Waals surface area (Å²) in [6.07, 6.45) is 0.430. The van der Waals surface area contributed by atoms with Crippen molar-refractivity contribution in [1.82, 2.24) is 9.80 Å². The molecule has 0 radical (unpaired) electrons. The summed E-state index contributed by atoms with van der Waals surface area (Å²) in [6.45, 7) is 1.07. The van der Waals surface area contributed by atoms with Crippen LogP contribution in [0.4, 0.5) is 0 Å². The molecule has 0 atom stereocenters. The predicted molar refractivity (Wildman–Crippen MR) is 98.2 cm³/mol. The van der Waals surface area contributed by atoms with Crippen molar-refractivity contribution in [3.8, 4) is 5.75 Å². The first kappa shape index (κ1) is 19.6. The number of carbonyl (C=O) groups is 2. The largest absolute Gasteiger partial charge is 0.497 e. The highest BCUT2D eigenvalue weighted by atomic mass is 32.2. The first-order chi connectivity index (χ1) is 12.8. The molecule has 0 aliphatic carbocycles. The molecule has 148 valence electrons. The Morgan fingerprint density at radius 2 is 1.78 bits per heavy atom. The molecule has 0 saturated carbocycles. The topological polar surface area (TPSA) is 93.2 Å². The van der Waals surface area contributed by atoms with Gasteiger partial charge in [0, 0.05) is 45.1 Å². The average molecular weight is 396 g/mol. The van der Waals surface area contributed by atoms with E-state index in [0.29, 0.717) is 11.3 Å². The van der Waals surface area contributed by atoms with Crippen LogP contribution in [0, 0.1) is 0 Å². The van der Waals surface area contributed by atoms with Gasteiger partial charge in [-0.25, -0.2) is 8.42 Å². The van der Waals surface area contributed by atoms with Crippen molar-refractivity contribution >= 4 is 21.7 Å². The molecule has 8 nitrogen and oxygen atoms in total. The van der Waals surface area contributed by atoms with Crippen LogP contribution >= 0.6 is 0 Å². The van der Waals surface area contributed by atoms with Gasteiger partial charge in [-0.3, -0.25) is 9.59 Å². The molecule has 1 spiro atoms. The Balaban J connectivity index is 1.75. The third-order valence-electron chi connectivity index (χ3n) is 5.37. The van der Waals surface area contributed by atoms with Crippen LogP contribution < -0.4 is 4.74 Å². The Bertz CT molecular complexity index is 813. The van der Waals surface area contributed by atoms with E-state index in [9.17, 15) is 18.0 Å². The summed E-state index contributed by atoms with van der Waals surface area (Å²) in [5, 5.41) is 0. The van der Waals surface area contributed by atoms with Gasteiger partial charge in [-0.15, -0.1) is 0 Å². The summed E-state index contributed by atoms with van der Waals surface area (Å²) < 4.78 is 35.6. The van der Waals surface area contributed by atoms with Crippen LogP contribution in [0.25, 0.3) is 0 Å². The molecular formula is C18H24N2O6S. The smallest absolute Gasteiger partial charge is 0.253 e. The number of methoxy groups -OCH3 is 2. The first-order valence-electron chi connectivity index (χ1n) is 8.80. The number of carbonyl (C=O) groups excluding carboxylic acids is 2. The van der Waals surface area contributed by atoms with Gasteiger partial charge in [-0.05, 0) is 24.3 Å². The van der Waals surface area contributed by atoms with Crippen molar-refractivity contribution in [2.45, 2.75) is 17.7 Å². The lowest BCUT2D eigenvalue weighted by molar-refractivity contribution is -0.131. The van der Waals surface area contributed by atoms with Crippen molar-refractivity contribution in [3.05, 3.63) is 29.8 Å². The molecule has 2 amide bonds.